The molecule has 1 atom stereocenters. The Morgan fingerprint density at radius 3 is 3.10 bits per heavy atom. The van der Waals surface area contributed by atoms with Crippen LogP contribution in [-0.4, -0.2) is 61.3 Å². The molecule has 1 unspecified atom stereocenters. The average molecular weight is 293 g/mol. The maximum Gasteiger partial charge on any atom is 0.317 e. The first-order chi connectivity index (χ1) is 10.1. The van der Waals surface area contributed by atoms with Crippen molar-refractivity contribution in [2.75, 3.05) is 50.1 Å². The Kier molecular flexibility index (Phi) is 5.32. The fourth-order valence-electron chi connectivity index (χ4n) is 2.55. The van der Waals surface area contributed by atoms with E-state index < -0.39 is 5.97 Å². The van der Waals surface area contributed by atoms with Gasteiger partial charge in [0.05, 0.1) is 6.54 Å². The van der Waals surface area contributed by atoms with Crippen LogP contribution in [0, 0.1) is 5.92 Å². The number of carboxylic acid groups (broad SMARTS) is 1. The van der Waals surface area contributed by atoms with E-state index in [0.717, 1.165) is 38.3 Å². The number of aliphatic carboxylic acids is 1. The lowest BCUT2D eigenvalue weighted by Gasteiger charge is -2.33. The van der Waals surface area contributed by atoms with Crippen LogP contribution in [0.3, 0.4) is 0 Å². The van der Waals surface area contributed by atoms with Gasteiger partial charge < -0.3 is 20.2 Å². The van der Waals surface area contributed by atoms with Crippen molar-refractivity contribution in [1.29, 1.82) is 0 Å². The predicted octanol–water partition coefficient (Wildman–Crippen LogP) is 0.433. The Balaban J connectivity index is 1.94. The second kappa shape index (κ2) is 7.21. The number of nitrogens with zero attached hydrogens (tertiary/aromatic N) is 4. The first-order valence-corrected chi connectivity index (χ1v) is 7.24. The number of hydrogen-bond donors (Lipinski definition) is 2. The molecule has 1 aromatic rings. The average Bonchev–Trinajstić information content (AvgIpc) is 2.47. The van der Waals surface area contributed by atoms with Gasteiger partial charge in [0, 0.05) is 39.9 Å². The molecule has 7 heteroatoms. The van der Waals surface area contributed by atoms with Crippen molar-refractivity contribution in [2.24, 2.45) is 5.92 Å². The SMILES string of the molecule is CN(C)c1nccc(N2CCCC(CNCC(=O)O)C2)n1. The molecule has 2 rings (SSSR count). The summed E-state index contributed by atoms with van der Waals surface area (Å²) in [5, 5.41) is 11.6. The lowest BCUT2D eigenvalue weighted by atomic mass is 9.98. The van der Waals surface area contributed by atoms with Crippen molar-refractivity contribution < 1.29 is 9.90 Å². The largest absolute Gasteiger partial charge is 0.480 e. The van der Waals surface area contributed by atoms with E-state index in [4.69, 9.17) is 5.11 Å². The first kappa shape index (κ1) is 15.5. The minimum Gasteiger partial charge on any atom is -0.480 e. The summed E-state index contributed by atoms with van der Waals surface area (Å²) >= 11 is 0. The van der Waals surface area contributed by atoms with Crippen LogP contribution in [0.25, 0.3) is 0 Å². The molecule has 0 radical (unpaired) electrons. The Labute approximate surface area is 125 Å². The van der Waals surface area contributed by atoms with Crippen molar-refractivity contribution in [3.05, 3.63) is 12.3 Å². The Hall–Kier alpha value is -1.89. The molecule has 1 aromatic heterocycles. The van der Waals surface area contributed by atoms with Crippen LogP contribution >= 0.6 is 0 Å². The number of piperidine rings is 1. The van der Waals surface area contributed by atoms with Gasteiger partial charge in [-0.15, -0.1) is 0 Å². The summed E-state index contributed by atoms with van der Waals surface area (Å²) < 4.78 is 0. The molecule has 1 aliphatic rings. The molecular formula is C14H23N5O2. The zero-order valence-electron chi connectivity index (χ0n) is 12.6. The number of carbonyl (C=O) groups is 1. The number of carboxylic acids is 1. The van der Waals surface area contributed by atoms with Gasteiger partial charge in [0.1, 0.15) is 5.82 Å². The van der Waals surface area contributed by atoms with E-state index in [2.05, 4.69) is 20.2 Å². The van der Waals surface area contributed by atoms with E-state index in [1.54, 1.807) is 6.20 Å². The Morgan fingerprint density at radius 1 is 1.57 bits per heavy atom. The fourth-order valence-corrected chi connectivity index (χ4v) is 2.55. The first-order valence-electron chi connectivity index (χ1n) is 7.24. The topological polar surface area (TPSA) is 81.6 Å². The molecule has 116 valence electrons. The van der Waals surface area contributed by atoms with Gasteiger partial charge in [0.25, 0.3) is 0 Å². The normalized spacial score (nSPS) is 18.6. The summed E-state index contributed by atoms with van der Waals surface area (Å²) in [5.41, 5.74) is 0. The second-order valence-corrected chi connectivity index (χ2v) is 5.59. The van der Waals surface area contributed by atoms with Crippen molar-refractivity contribution in [1.82, 2.24) is 15.3 Å². The monoisotopic (exact) mass is 293 g/mol. The highest BCUT2D eigenvalue weighted by atomic mass is 16.4. The summed E-state index contributed by atoms with van der Waals surface area (Å²) in [6.45, 7) is 2.64. The van der Waals surface area contributed by atoms with E-state index >= 15 is 0 Å². The molecule has 1 saturated heterocycles. The minimum atomic E-state index is -0.811. The summed E-state index contributed by atoms with van der Waals surface area (Å²) in [7, 11) is 3.85. The predicted molar refractivity (Wildman–Crippen MR) is 81.8 cm³/mol. The maximum absolute atomic E-state index is 10.5. The van der Waals surface area contributed by atoms with Crippen LogP contribution in [-0.2, 0) is 4.79 Å². The smallest absolute Gasteiger partial charge is 0.317 e. The number of anilines is 2. The van der Waals surface area contributed by atoms with E-state index in [-0.39, 0.29) is 6.54 Å². The van der Waals surface area contributed by atoms with Crippen LogP contribution in [0.15, 0.2) is 12.3 Å². The highest BCUT2D eigenvalue weighted by Gasteiger charge is 2.21. The molecular weight excluding hydrogens is 270 g/mol. The van der Waals surface area contributed by atoms with Gasteiger partial charge in [0.15, 0.2) is 0 Å². The van der Waals surface area contributed by atoms with Crippen molar-refractivity contribution in [3.63, 3.8) is 0 Å². The van der Waals surface area contributed by atoms with E-state index in [1.165, 1.54) is 0 Å². The summed E-state index contributed by atoms with van der Waals surface area (Å²) in [6, 6.07) is 1.93. The highest BCUT2D eigenvalue weighted by Crippen LogP contribution is 2.22. The molecule has 7 nitrogen and oxygen atoms in total. The van der Waals surface area contributed by atoms with E-state index in [0.29, 0.717) is 11.9 Å². The van der Waals surface area contributed by atoms with E-state index in [9.17, 15) is 4.79 Å². The number of hydrogen-bond acceptors (Lipinski definition) is 6. The van der Waals surface area contributed by atoms with Crippen LogP contribution in [0.2, 0.25) is 0 Å². The van der Waals surface area contributed by atoms with Crippen LogP contribution in [0.1, 0.15) is 12.8 Å². The molecule has 1 fully saturated rings. The Bertz CT molecular complexity index is 480. The maximum atomic E-state index is 10.5. The number of nitrogens with one attached hydrogen (secondary N) is 1. The minimum absolute atomic E-state index is 0.0226. The third-order valence-corrected chi connectivity index (χ3v) is 3.58. The Morgan fingerprint density at radius 2 is 2.38 bits per heavy atom. The standard InChI is InChI=1S/C14H23N5O2/c1-18(2)14-16-6-5-12(17-14)19-7-3-4-11(10-19)8-15-9-13(20)21/h5-6,11,15H,3-4,7-10H2,1-2H3,(H,20,21). The zero-order valence-corrected chi connectivity index (χ0v) is 12.6. The quantitative estimate of drug-likeness (QED) is 0.787. The van der Waals surface area contributed by atoms with Crippen LogP contribution < -0.4 is 15.1 Å². The molecule has 21 heavy (non-hydrogen) atoms. The lowest BCUT2D eigenvalue weighted by Crippen LogP contribution is -2.41. The van der Waals surface area contributed by atoms with Gasteiger partial charge in [-0.1, -0.05) is 0 Å². The molecule has 0 spiro atoms. The van der Waals surface area contributed by atoms with Crippen LogP contribution in [0.4, 0.5) is 11.8 Å². The summed E-state index contributed by atoms with van der Waals surface area (Å²) in [4.78, 5) is 23.5. The van der Waals surface area contributed by atoms with E-state index in [1.807, 2.05) is 25.1 Å². The van der Waals surface area contributed by atoms with Crippen molar-refractivity contribution in [3.8, 4) is 0 Å². The molecule has 1 aliphatic heterocycles. The van der Waals surface area contributed by atoms with Gasteiger partial charge in [-0.3, -0.25) is 4.79 Å². The third kappa shape index (κ3) is 4.56. The van der Waals surface area contributed by atoms with Gasteiger partial charge in [-0.25, -0.2) is 4.98 Å². The van der Waals surface area contributed by atoms with Gasteiger partial charge in [0.2, 0.25) is 5.95 Å². The van der Waals surface area contributed by atoms with Gasteiger partial charge >= 0.3 is 5.97 Å². The molecule has 0 amide bonds. The highest BCUT2D eigenvalue weighted by molar-refractivity contribution is 5.68. The molecule has 0 aliphatic carbocycles. The second-order valence-electron chi connectivity index (χ2n) is 5.59. The summed E-state index contributed by atoms with van der Waals surface area (Å²) in [5.74, 6) is 1.29. The molecule has 2 N–H and O–H groups in total. The van der Waals surface area contributed by atoms with Crippen LogP contribution in [0.5, 0.6) is 0 Å². The van der Waals surface area contributed by atoms with Gasteiger partial charge in [-0.2, -0.15) is 4.98 Å². The fraction of sp³-hybridized carbons (Fsp3) is 0.643. The zero-order chi connectivity index (χ0) is 15.2. The number of aromatic nitrogens is 2. The lowest BCUT2D eigenvalue weighted by molar-refractivity contribution is -0.136. The van der Waals surface area contributed by atoms with Crippen molar-refractivity contribution >= 4 is 17.7 Å². The van der Waals surface area contributed by atoms with Crippen molar-refractivity contribution in [2.45, 2.75) is 12.8 Å². The van der Waals surface area contributed by atoms with Gasteiger partial charge in [-0.05, 0) is 24.8 Å². The molecule has 0 saturated carbocycles. The molecule has 2 heterocycles. The summed E-state index contributed by atoms with van der Waals surface area (Å²) in [6.07, 6.45) is 4.00. The molecule has 0 aromatic carbocycles. The third-order valence-electron chi connectivity index (χ3n) is 3.58. The number of rotatable bonds is 6. The molecule has 0 bridgehead atoms.